The second kappa shape index (κ2) is 4.13. The number of carbonyl (C=O) groups excluding carboxylic acids is 1. The van der Waals surface area contributed by atoms with Crippen LogP contribution in [0.25, 0.3) is 0 Å². The fourth-order valence-electron chi connectivity index (χ4n) is 5.85. The second-order valence-electron chi connectivity index (χ2n) is 8.30. The molecule has 2 aliphatic heterocycles. The van der Waals surface area contributed by atoms with E-state index in [2.05, 4.69) is 29.7 Å². The molecule has 6 aliphatic rings. The molecule has 0 amide bonds. The molecular weight excluding hydrogens is 510 g/mol. The quantitative estimate of drug-likeness (QED) is 0.0807. The molecule has 6 fully saturated rings. The van der Waals surface area contributed by atoms with Crippen LogP contribution in [0, 0.1) is 28.6 Å². The van der Waals surface area contributed by atoms with E-state index in [-0.39, 0.29) is 20.4 Å². The average molecular weight is 530 g/mol. The Morgan fingerprint density at radius 1 is 1.36 bits per heavy atom. The predicted octanol–water partition coefficient (Wildman–Crippen LogP) is 2.33. The molecule has 0 aromatic heterocycles. The Morgan fingerprint density at radius 3 is 2.95 bits per heavy atom. The Bertz CT molecular complexity index is 579. The van der Waals surface area contributed by atoms with Crippen LogP contribution in [0.3, 0.4) is 0 Å². The number of carbonyl (C=O) groups is 1. The van der Waals surface area contributed by atoms with Gasteiger partial charge in [0.05, 0.1) is 0 Å². The van der Waals surface area contributed by atoms with Crippen LogP contribution in [0.15, 0.2) is 0 Å². The SMILES string of the molecule is O=C(OCOCC12CC3CC3C3(CC3C1)C2)C(I)C12NI1N2. The molecule has 0 radical (unpaired) electrons. The van der Waals surface area contributed by atoms with E-state index in [0.29, 0.717) is 5.41 Å². The van der Waals surface area contributed by atoms with Gasteiger partial charge in [-0.1, -0.05) is 0 Å². The second-order valence-corrected chi connectivity index (χ2v) is 13.9. The molecule has 6 atom stereocenters. The Hall–Kier alpha value is 0.810. The third kappa shape index (κ3) is 1.78. The Balaban J connectivity index is 1.01. The molecule has 5 nitrogen and oxygen atoms in total. The van der Waals surface area contributed by atoms with E-state index < -0.39 is 20.4 Å². The van der Waals surface area contributed by atoms with Gasteiger partial charge >= 0.3 is 152 Å². The van der Waals surface area contributed by atoms with Crippen LogP contribution in [0.4, 0.5) is 0 Å². The van der Waals surface area contributed by atoms with Crippen molar-refractivity contribution >= 4 is 48.9 Å². The van der Waals surface area contributed by atoms with Gasteiger partial charge in [0.25, 0.3) is 0 Å². The van der Waals surface area contributed by atoms with Gasteiger partial charge in [-0.05, 0) is 0 Å². The van der Waals surface area contributed by atoms with Crippen molar-refractivity contribution in [2.24, 2.45) is 28.6 Å². The number of esters is 1. The van der Waals surface area contributed by atoms with Gasteiger partial charge in [0.15, 0.2) is 0 Å². The Morgan fingerprint density at radius 2 is 2.18 bits per heavy atom. The van der Waals surface area contributed by atoms with E-state index in [1.165, 1.54) is 32.1 Å². The molecule has 6 unspecified atom stereocenters. The summed E-state index contributed by atoms with van der Waals surface area (Å²) in [6, 6.07) is 0. The van der Waals surface area contributed by atoms with Gasteiger partial charge in [0.1, 0.15) is 0 Å². The van der Waals surface area contributed by atoms with E-state index in [1.54, 1.807) is 0 Å². The summed E-state index contributed by atoms with van der Waals surface area (Å²) in [5, 5.41) is 0. The molecule has 2 heterocycles. The first-order valence-corrected chi connectivity index (χ1v) is 12.7. The Labute approximate surface area is 151 Å². The number of ether oxygens (including phenoxy) is 2. The summed E-state index contributed by atoms with van der Waals surface area (Å²) >= 11 is 1.13. The number of rotatable bonds is 6. The number of alkyl halides is 2. The van der Waals surface area contributed by atoms with Gasteiger partial charge in [-0.2, -0.15) is 0 Å². The molecule has 2 saturated heterocycles. The van der Waals surface area contributed by atoms with Gasteiger partial charge in [0.2, 0.25) is 0 Å². The van der Waals surface area contributed by atoms with Crippen molar-refractivity contribution in [2.75, 3.05) is 13.4 Å². The summed E-state index contributed by atoms with van der Waals surface area (Å²) in [5.41, 5.74) is 1.16. The van der Waals surface area contributed by atoms with Crippen LogP contribution in [0.2, 0.25) is 0 Å². The molecule has 2 N–H and O–H groups in total. The van der Waals surface area contributed by atoms with Crippen LogP contribution in [0.5, 0.6) is 0 Å². The van der Waals surface area contributed by atoms with Gasteiger partial charge in [-0.15, -0.1) is 0 Å². The van der Waals surface area contributed by atoms with Crippen molar-refractivity contribution in [3.05, 3.63) is 0 Å². The predicted molar refractivity (Wildman–Crippen MR) is 96.2 cm³/mol. The maximum absolute atomic E-state index is 12.0. The van der Waals surface area contributed by atoms with E-state index in [1.807, 2.05) is 0 Å². The zero-order valence-corrected chi connectivity index (χ0v) is 16.6. The molecule has 4 aliphatic carbocycles. The zero-order chi connectivity index (χ0) is 14.7. The summed E-state index contributed by atoms with van der Waals surface area (Å²) in [5.74, 6) is 2.93. The minimum absolute atomic E-state index is 0.00369. The molecule has 22 heavy (non-hydrogen) atoms. The van der Waals surface area contributed by atoms with Crippen LogP contribution in [-0.4, -0.2) is 27.0 Å². The fourth-order valence-corrected chi connectivity index (χ4v) is 13.3. The molecule has 7 heteroatoms. The van der Waals surface area contributed by atoms with Crippen molar-refractivity contribution in [3.63, 3.8) is 0 Å². The monoisotopic (exact) mass is 530 g/mol. The third-order valence-electron chi connectivity index (χ3n) is 6.96. The van der Waals surface area contributed by atoms with Crippen LogP contribution in [-0.2, 0) is 14.3 Å². The zero-order valence-electron chi connectivity index (χ0n) is 12.2. The fraction of sp³-hybridized carbons (Fsp3) is 0.933. The summed E-state index contributed by atoms with van der Waals surface area (Å²) in [6.45, 7) is 0.934. The van der Waals surface area contributed by atoms with Gasteiger partial charge in [-0.25, -0.2) is 0 Å². The molecule has 4 saturated carbocycles. The van der Waals surface area contributed by atoms with Crippen LogP contribution >= 0.6 is 43.0 Å². The molecular formula is C15H20I2N2O3. The van der Waals surface area contributed by atoms with E-state index >= 15 is 0 Å². The Kier molecular flexibility index (Phi) is 2.63. The molecule has 1 spiro atoms. The van der Waals surface area contributed by atoms with E-state index in [4.69, 9.17) is 9.47 Å². The van der Waals surface area contributed by atoms with E-state index in [0.717, 1.165) is 29.8 Å². The van der Waals surface area contributed by atoms with Crippen LogP contribution in [0.1, 0.15) is 32.1 Å². The van der Waals surface area contributed by atoms with Gasteiger partial charge in [-0.3, -0.25) is 0 Å². The van der Waals surface area contributed by atoms with Crippen molar-refractivity contribution < 1.29 is 14.3 Å². The van der Waals surface area contributed by atoms with Crippen molar-refractivity contribution in [1.82, 2.24) is 7.06 Å². The first kappa shape index (κ1) is 14.0. The van der Waals surface area contributed by atoms with Crippen molar-refractivity contribution in [3.8, 4) is 0 Å². The summed E-state index contributed by atoms with van der Waals surface area (Å²) in [7, 11) is 0. The molecule has 0 aromatic carbocycles. The molecule has 2 bridgehead atoms. The molecule has 6 rings (SSSR count). The number of fused-ring (bicyclic) bond motifs is 3. The molecule has 122 valence electrons. The maximum atomic E-state index is 12.0. The third-order valence-corrected chi connectivity index (χ3v) is 14.2. The minimum atomic E-state index is -1.06. The number of hydrogen-bond acceptors (Lipinski definition) is 5. The molecule has 0 aromatic rings. The standard InChI is InChI=1S/C15H20I2N2O3/c16-11(15-17(18-15)19-15)12(20)22-7-21-6-13-2-8-1-10(8)14(5-13)4-9(14)3-13/h8-11,18-19H,1-7H2. The van der Waals surface area contributed by atoms with E-state index in [9.17, 15) is 4.79 Å². The normalized spacial score (nSPS) is 53.0. The average Bonchev–Trinajstić information content (AvgIpc) is 3.27. The number of halogens is 2. The first-order valence-electron chi connectivity index (χ1n) is 8.21. The summed E-state index contributed by atoms with van der Waals surface area (Å²) < 4.78 is 17.8. The van der Waals surface area contributed by atoms with Gasteiger partial charge < -0.3 is 0 Å². The topological polar surface area (TPSA) is 79.4 Å². The number of nitrogens with one attached hydrogen (secondary N) is 2. The van der Waals surface area contributed by atoms with Gasteiger partial charge in [0, 0.05) is 0 Å². The summed E-state index contributed by atoms with van der Waals surface area (Å²) in [6.07, 6.45) is 7.10. The number of hydrogen-bond donors (Lipinski definition) is 2. The van der Waals surface area contributed by atoms with Crippen molar-refractivity contribution in [2.45, 2.75) is 39.7 Å². The van der Waals surface area contributed by atoms with Crippen LogP contribution < -0.4 is 7.06 Å². The first-order chi connectivity index (χ1) is 10.6. The van der Waals surface area contributed by atoms with Crippen molar-refractivity contribution in [1.29, 1.82) is 0 Å². The summed E-state index contributed by atoms with van der Waals surface area (Å²) in [4.78, 5) is 12.0.